The van der Waals surface area contributed by atoms with E-state index in [0.717, 1.165) is 12.8 Å². The van der Waals surface area contributed by atoms with Crippen LogP contribution >= 0.6 is 0 Å². The van der Waals surface area contributed by atoms with E-state index >= 15 is 0 Å². The molecule has 0 fully saturated rings. The summed E-state index contributed by atoms with van der Waals surface area (Å²) < 4.78 is 0. The minimum absolute atomic E-state index is 0.847. The molecule has 1 aliphatic carbocycles. The maximum Gasteiger partial charge on any atom is 0.00576 e. The van der Waals surface area contributed by atoms with Crippen LogP contribution in [-0.4, -0.2) is 0 Å². The second-order valence-corrected chi connectivity index (χ2v) is 4.05. The predicted molar refractivity (Wildman–Crippen MR) is 73.8 cm³/mol. The molecule has 0 radical (unpaired) electrons. The number of terminal acetylenes is 1. The molecular weight excluding hydrogens is 204 g/mol. The molecule has 0 amide bonds. The fraction of sp³-hybridized carbons (Fsp3) is 0.176. The molecule has 2 aromatic rings. The van der Waals surface area contributed by atoms with E-state index in [1.165, 1.54) is 22.3 Å². The largest absolute Gasteiger partial charge is 0.120 e. The van der Waals surface area contributed by atoms with Gasteiger partial charge in [0.1, 0.15) is 0 Å². The molecule has 3 rings (SSSR count). The molecule has 0 nitrogen and oxygen atoms in total. The maximum atomic E-state index is 4.78. The Hall–Kier alpha value is -2.00. The van der Waals surface area contributed by atoms with Gasteiger partial charge in [0.15, 0.2) is 0 Å². The van der Waals surface area contributed by atoms with Crippen molar-refractivity contribution in [2.75, 3.05) is 0 Å². The molecule has 0 aromatic heterocycles. The zero-order chi connectivity index (χ0) is 12.1. The van der Waals surface area contributed by atoms with Crippen molar-refractivity contribution in [3.63, 3.8) is 0 Å². The number of hydrogen-bond acceptors (Lipinski definition) is 0. The zero-order valence-corrected chi connectivity index (χ0v) is 10.1. The fourth-order valence-corrected chi connectivity index (χ4v) is 2.08. The van der Waals surface area contributed by atoms with Crippen molar-refractivity contribution < 1.29 is 0 Å². The molecule has 0 aliphatic heterocycles. The zero-order valence-electron chi connectivity index (χ0n) is 10.1. The van der Waals surface area contributed by atoms with E-state index in [1.807, 2.05) is 6.92 Å². The van der Waals surface area contributed by atoms with Crippen molar-refractivity contribution in [2.24, 2.45) is 0 Å². The van der Waals surface area contributed by atoms with Gasteiger partial charge in [0.05, 0.1) is 0 Å². The van der Waals surface area contributed by atoms with Gasteiger partial charge in [-0.1, -0.05) is 55.5 Å². The molecular formula is C17H16. The number of hydrogen-bond donors (Lipinski definition) is 0. The third kappa shape index (κ3) is 2.40. The summed E-state index contributed by atoms with van der Waals surface area (Å²) in [5.41, 5.74) is 5.75. The first-order chi connectivity index (χ1) is 8.36. The highest BCUT2D eigenvalue weighted by molar-refractivity contribution is 5.76. The highest BCUT2D eigenvalue weighted by Crippen LogP contribution is 2.35. The van der Waals surface area contributed by atoms with Gasteiger partial charge in [-0.2, -0.15) is 0 Å². The molecule has 17 heavy (non-hydrogen) atoms. The minimum Gasteiger partial charge on any atom is -0.120 e. The summed E-state index contributed by atoms with van der Waals surface area (Å²) in [6.07, 6.45) is 6.73. The van der Waals surface area contributed by atoms with E-state index in [0.29, 0.717) is 0 Å². The molecule has 0 saturated heterocycles. The Kier molecular flexibility index (Phi) is 3.62. The Morgan fingerprint density at radius 1 is 0.941 bits per heavy atom. The van der Waals surface area contributed by atoms with Crippen LogP contribution in [0, 0.1) is 12.3 Å². The third-order valence-electron chi connectivity index (χ3n) is 2.91. The monoisotopic (exact) mass is 220 g/mol. The van der Waals surface area contributed by atoms with Crippen molar-refractivity contribution >= 4 is 0 Å². The van der Waals surface area contributed by atoms with Crippen LogP contribution in [0.15, 0.2) is 48.5 Å². The molecule has 0 unspecified atom stereocenters. The van der Waals surface area contributed by atoms with Crippen LogP contribution in [0.25, 0.3) is 11.1 Å². The Labute approximate surface area is 103 Å². The minimum atomic E-state index is 0.847. The summed E-state index contributed by atoms with van der Waals surface area (Å²) in [7, 11) is 0. The molecule has 1 aliphatic rings. The Morgan fingerprint density at radius 2 is 1.35 bits per heavy atom. The molecule has 0 saturated carbocycles. The number of fused-ring (bicyclic) bond motifs is 3. The lowest BCUT2D eigenvalue weighted by molar-refractivity contribution is 1.26. The summed E-state index contributed by atoms with van der Waals surface area (Å²) in [6, 6.07) is 17.3. The van der Waals surface area contributed by atoms with Gasteiger partial charge in [-0.15, -0.1) is 12.3 Å². The molecule has 0 heterocycles. The van der Waals surface area contributed by atoms with E-state index in [9.17, 15) is 0 Å². The normalized spacial score (nSPS) is 10.6. The highest BCUT2D eigenvalue weighted by Gasteiger charge is 2.15. The average molecular weight is 220 g/mol. The summed E-state index contributed by atoms with van der Waals surface area (Å²) in [6.45, 7) is 1.94. The first-order valence-corrected chi connectivity index (χ1v) is 5.96. The van der Waals surface area contributed by atoms with Gasteiger partial charge in [-0.3, -0.25) is 0 Å². The molecule has 2 aromatic carbocycles. The first-order valence-electron chi connectivity index (χ1n) is 5.96. The molecule has 0 atom stereocenters. The second kappa shape index (κ2) is 5.37. The van der Waals surface area contributed by atoms with Gasteiger partial charge in [0.25, 0.3) is 0 Å². The van der Waals surface area contributed by atoms with Crippen molar-refractivity contribution in [1.82, 2.24) is 0 Å². The van der Waals surface area contributed by atoms with E-state index < -0.39 is 0 Å². The van der Waals surface area contributed by atoms with Crippen LogP contribution in [-0.2, 0) is 6.42 Å². The van der Waals surface area contributed by atoms with Crippen LogP contribution in [0.2, 0.25) is 0 Å². The molecule has 84 valence electrons. The van der Waals surface area contributed by atoms with Gasteiger partial charge < -0.3 is 0 Å². The van der Waals surface area contributed by atoms with Gasteiger partial charge in [0.2, 0.25) is 0 Å². The fourth-order valence-electron chi connectivity index (χ4n) is 2.08. The van der Waals surface area contributed by atoms with Gasteiger partial charge in [0, 0.05) is 6.42 Å². The summed E-state index contributed by atoms with van der Waals surface area (Å²) in [5, 5.41) is 0. The van der Waals surface area contributed by atoms with Crippen molar-refractivity contribution in [3.05, 3.63) is 59.7 Å². The standard InChI is InChI=1S/C13H10.C4H6/c1-3-7-12-10(5-1)9-11-6-2-4-8-13(11)12;1-3-4-2/h1-8H,9H2;1H,4H2,2H3. The second-order valence-electron chi connectivity index (χ2n) is 4.05. The van der Waals surface area contributed by atoms with E-state index in [4.69, 9.17) is 6.42 Å². The average Bonchev–Trinajstić information content (AvgIpc) is 2.77. The summed E-state index contributed by atoms with van der Waals surface area (Å²) in [5.74, 6) is 2.43. The molecule has 0 N–H and O–H groups in total. The van der Waals surface area contributed by atoms with Crippen LogP contribution in [0.5, 0.6) is 0 Å². The first kappa shape index (κ1) is 11.5. The van der Waals surface area contributed by atoms with Gasteiger partial charge in [-0.25, -0.2) is 0 Å². The Balaban J connectivity index is 0.000000239. The number of rotatable bonds is 0. The highest BCUT2D eigenvalue weighted by atomic mass is 14.2. The molecule has 0 bridgehead atoms. The van der Waals surface area contributed by atoms with E-state index in [2.05, 4.69) is 54.5 Å². The van der Waals surface area contributed by atoms with E-state index in [-0.39, 0.29) is 0 Å². The summed E-state index contributed by atoms with van der Waals surface area (Å²) >= 11 is 0. The topological polar surface area (TPSA) is 0 Å². The van der Waals surface area contributed by atoms with Crippen LogP contribution in [0.4, 0.5) is 0 Å². The molecule has 0 heteroatoms. The van der Waals surface area contributed by atoms with Gasteiger partial charge in [-0.05, 0) is 28.7 Å². The third-order valence-corrected chi connectivity index (χ3v) is 2.91. The van der Waals surface area contributed by atoms with E-state index in [1.54, 1.807) is 0 Å². The lowest BCUT2D eigenvalue weighted by Crippen LogP contribution is -1.77. The van der Waals surface area contributed by atoms with Crippen molar-refractivity contribution in [3.8, 4) is 23.5 Å². The lowest BCUT2D eigenvalue weighted by atomic mass is 10.1. The smallest absolute Gasteiger partial charge is 0.00576 e. The Morgan fingerprint density at radius 3 is 1.76 bits per heavy atom. The van der Waals surface area contributed by atoms with Crippen LogP contribution in [0.1, 0.15) is 24.5 Å². The SMILES string of the molecule is C#CCC.c1ccc2c(c1)Cc1ccccc1-2. The van der Waals surface area contributed by atoms with Gasteiger partial charge >= 0.3 is 0 Å². The van der Waals surface area contributed by atoms with Crippen LogP contribution < -0.4 is 0 Å². The van der Waals surface area contributed by atoms with Crippen molar-refractivity contribution in [2.45, 2.75) is 19.8 Å². The predicted octanol–water partition coefficient (Wildman–Crippen LogP) is 4.29. The quantitative estimate of drug-likeness (QED) is 0.496. The Bertz CT molecular complexity index is 500. The van der Waals surface area contributed by atoms with Crippen LogP contribution in [0.3, 0.4) is 0 Å². The summed E-state index contributed by atoms with van der Waals surface area (Å²) in [4.78, 5) is 0. The van der Waals surface area contributed by atoms with Crippen molar-refractivity contribution in [1.29, 1.82) is 0 Å². The molecule has 0 spiro atoms. The lowest BCUT2D eigenvalue weighted by Gasteiger charge is -1.98. The number of benzene rings is 2. The maximum absolute atomic E-state index is 4.78.